The van der Waals surface area contributed by atoms with E-state index in [9.17, 15) is 0 Å². The molecule has 0 atom stereocenters. The number of rotatable bonds is 3. The Labute approximate surface area is 92.1 Å². The molecule has 6 nitrogen and oxygen atoms in total. The van der Waals surface area contributed by atoms with Gasteiger partial charge in [0.2, 0.25) is 5.95 Å². The lowest BCUT2D eigenvalue weighted by Crippen LogP contribution is -2.02. The molecule has 0 spiro atoms. The number of hydrogen-bond donors (Lipinski definition) is 1. The van der Waals surface area contributed by atoms with Crippen molar-refractivity contribution in [2.45, 2.75) is 0 Å². The topological polar surface area (TPSA) is 83.2 Å². The fraction of sp³-hybridized carbons (Fsp3) is 0.100. The zero-order valence-corrected chi connectivity index (χ0v) is 8.62. The van der Waals surface area contributed by atoms with Crippen LogP contribution >= 0.6 is 0 Å². The van der Waals surface area contributed by atoms with Crippen molar-refractivity contribution in [3.05, 3.63) is 30.3 Å². The number of nitrogens with zero attached hydrogens (tertiary/aromatic N) is 3. The van der Waals surface area contributed by atoms with Crippen molar-refractivity contribution < 1.29 is 9.47 Å². The van der Waals surface area contributed by atoms with Crippen LogP contribution in [0.25, 0.3) is 0 Å². The molecule has 0 amide bonds. The molecule has 2 rings (SSSR count). The molecule has 16 heavy (non-hydrogen) atoms. The molecule has 1 heterocycles. The summed E-state index contributed by atoms with van der Waals surface area (Å²) < 4.78 is 10.2. The van der Waals surface area contributed by atoms with Crippen molar-refractivity contribution in [3.63, 3.8) is 0 Å². The molecule has 0 saturated carbocycles. The molecule has 0 bridgehead atoms. The lowest BCUT2D eigenvalue weighted by atomic mass is 10.3. The van der Waals surface area contributed by atoms with Crippen LogP contribution in [-0.4, -0.2) is 22.1 Å². The quantitative estimate of drug-likeness (QED) is 0.834. The maximum absolute atomic E-state index is 5.47. The van der Waals surface area contributed by atoms with Crippen molar-refractivity contribution in [2.75, 3.05) is 12.8 Å². The van der Waals surface area contributed by atoms with Crippen LogP contribution in [0.1, 0.15) is 0 Å². The van der Waals surface area contributed by atoms with Crippen LogP contribution in [-0.2, 0) is 0 Å². The van der Waals surface area contributed by atoms with Gasteiger partial charge in [-0.1, -0.05) is 18.2 Å². The van der Waals surface area contributed by atoms with E-state index >= 15 is 0 Å². The molecule has 0 aliphatic rings. The van der Waals surface area contributed by atoms with Crippen LogP contribution in [0.4, 0.5) is 5.95 Å². The van der Waals surface area contributed by atoms with E-state index in [1.54, 1.807) is 12.1 Å². The van der Waals surface area contributed by atoms with Gasteiger partial charge < -0.3 is 15.2 Å². The largest absolute Gasteiger partial charge is 0.467 e. The first-order chi connectivity index (χ1) is 7.78. The van der Waals surface area contributed by atoms with Crippen molar-refractivity contribution >= 4 is 5.95 Å². The van der Waals surface area contributed by atoms with Crippen LogP contribution in [0.5, 0.6) is 17.8 Å². The highest BCUT2D eigenvalue weighted by molar-refractivity contribution is 5.27. The zero-order chi connectivity index (χ0) is 11.4. The lowest BCUT2D eigenvalue weighted by molar-refractivity contribution is 0.360. The van der Waals surface area contributed by atoms with Crippen molar-refractivity contribution in [1.29, 1.82) is 0 Å². The minimum Gasteiger partial charge on any atom is -0.467 e. The summed E-state index contributed by atoms with van der Waals surface area (Å²) >= 11 is 0. The second-order valence-corrected chi connectivity index (χ2v) is 2.88. The number of nitrogen functional groups attached to an aromatic ring is 1. The van der Waals surface area contributed by atoms with E-state index in [2.05, 4.69) is 15.0 Å². The van der Waals surface area contributed by atoms with Gasteiger partial charge in [0.05, 0.1) is 7.11 Å². The molecule has 0 saturated heterocycles. The summed E-state index contributed by atoms with van der Waals surface area (Å²) in [6, 6.07) is 9.37. The van der Waals surface area contributed by atoms with Gasteiger partial charge in [0.1, 0.15) is 5.75 Å². The highest BCUT2D eigenvalue weighted by atomic mass is 16.5. The van der Waals surface area contributed by atoms with Crippen molar-refractivity contribution in [2.24, 2.45) is 0 Å². The summed E-state index contributed by atoms with van der Waals surface area (Å²) in [7, 11) is 1.45. The summed E-state index contributed by atoms with van der Waals surface area (Å²) in [5, 5.41) is 0. The molecule has 2 aromatic rings. The standard InChI is InChI=1S/C10H10N4O2/c1-15-9-12-8(11)13-10(14-9)16-7-5-3-2-4-6-7/h2-6H,1H3,(H2,11,12,13,14). The molecule has 82 valence electrons. The maximum atomic E-state index is 5.47. The highest BCUT2D eigenvalue weighted by Gasteiger charge is 2.06. The second-order valence-electron chi connectivity index (χ2n) is 2.88. The Bertz CT molecular complexity index is 476. The zero-order valence-electron chi connectivity index (χ0n) is 8.62. The van der Waals surface area contributed by atoms with Gasteiger partial charge in [-0.15, -0.1) is 4.98 Å². The Balaban J connectivity index is 2.24. The molecule has 1 aromatic heterocycles. The molecule has 0 radical (unpaired) electrons. The summed E-state index contributed by atoms with van der Waals surface area (Å²) in [6.07, 6.45) is 0. The molecule has 1 aromatic carbocycles. The van der Waals surface area contributed by atoms with Crippen LogP contribution in [0.15, 0.2) is 30.3 Å². The molecule has 0 aliphatic carbocycles. The summed E-state index contributed by atoms with van der Waals surface area (Å²) in [4.78, 5) is 11.5. The van der Waals surface area contributed by atoms with E-state index < -0.39 is 0 Å². The number of para-hydroxylation sites is 1. The molecule has 2 N–H and O–H groups in total. The number of hydrogen-bond acceptors (Lipinski definition) is 6. The first kappa shape index (κ1) is 10.2. The number of aromatic nitrogens is 3. The van der Waals surface area contributed by atoms with Gasteiger partial charge >= 0.3 is 12.0 Å². The Morgan fingerprint density at radius 1 is 1.00 bits per heavy atom. The third kappa shape index (κ3) is 2.35. The van der Waals surface area contributed by atoms with Crippen LogP contribution in [0.3, 0.4) is 0 Å². The van der Waals surface area contributed by atoms with Crippen molar-refractivity contribution in [3.8, 4) is 17.8 Å². The molecule has 0 aliphatic heterocycles. The minimum atomic E-state index is 0.0535. The normalized spacial score (nSPS) is 9.81. The maximum Gasteiger partial charge on any atom is 0.330 e. The average Bonchev–Trinajstić information content (AvgIpc) is 2.29. The van der Waals surface area contributed by atoms with Gasteiger partial charge in [-0.05, 0) is 12.1 Å². The molecule has 6 heteroatoms. The predicted octanol–water partition coefficient (Wildman–Crippen LogP) is 1.25. The van der Waals surface area contributed by atoms with Crippen LogP contribution in [0, 0.1) is 0 Å². The predicted molar refractivity (Wildman–Crippen MR) is 57.3 cm³/mol. The Kier molecular flexibility index (Phi) is 2.81. The monoisotopic (exact) mass is 218 g/mol. The van der Waals surface area contributed by atoms with E-state index in [1.807, 2.05) is 18.2 Å². The summed E-state index contributed by atoms with van der Waals surface area (Å²) in [5.41, 5.74) is 5.47. The summed E-state index contributed by atoms with van der Waals surface area (Å²) in [5.74, 6) is 0.674. The average molecular weight is 218 g/mol. The third-order valence-electron chi connectivity index (χ3n) is 1.75. The minimum absolute atomic E-state index is 0.0535. The van der Waals surface area contributed by atoms with Gasteiger partial charge in [-0.3, -0.25) is 0 Å². The number of anilines is 1. The Morgan fingerprint density at radius 3 is 2.38 bits per heavy atom. The molecule has 0 fully saturated rings. The van der Waals surface area contributed by atoms with Gasteiger partial charge in [0, 0.05) is 0 Å². The SMILES string of the molecule is COc1nc(N)nc(Oc2ccccc2)n1. The van der Waals surface area contributed by atoms with Gasteiger partial charge in [-0.25, -0.2) is 0 Å². The second kappa shape index (κ2) is 4.43. The smallest absolute Gasteiger partial charge is 0.330 e. The fourth-order valence-electron chi connectivity index (χ4n) is 1.08. The van der Waals surface area contributed by atoms with Gasteiger partial charge in [-0.2, -0.15) is 9.97 Å². The molecule has 0 unspecified atom stereocenters. The van der Waals surface area contributed by atoms with Crippen LogP contribution < -0.4 is 15.2 Å². The van der Waals surface area contributed by atoms with E-state index in [4.69, 9.17) is 15.2 Å². The van der Waals surface area contributed by atoms with Gasteiger partial charge in [0.25, 0.3) is 0 Å². The van der Waals surface area contributed by atoms with Crippen LogP contribution in [0.2, 0.25) is 0 Å². The third-order valence-corrected chi connectivity index (χ3v) is 1.75. The number of ether oxygens (including phenoxy) is 2. The van der Waals surface area contributed by atoms with E-state index in [0.29, 0.717) is 5.75 Å². The number of methoxy groups -OCH3 is 1. The number of benzene rings is 1. The van der Waals surface area contributed by atoms with E-state index in [-0.39, 0.29) is 18.0 Å². The first-order valence-electron chi connectivity index (χ1n) is 4.56. The van der Waals surface area contributed by atoms with Crippen molar-refractivity contribution in [1.82, 2.24) is 15.0 Å². The molecular formula is C10H10N4O2. The molecular weight excluding hydrogens is 208 g/mol. The van der Waals surface area contributed by atoms with Gasteiger partial charge in [0.15, 0.2) is 0 Å². The lowest BCUT2D eigenvalue weighted by Gasteiger charge is -2.04. The Hall–Kier alpha value is -2.37. The highest BCUT2D eigenvalue weighted by Crippen LogP contribution is 2.18. The first-order valence-corrected chi connectivity index (χ1v) is 4.56. The fourth-order valence-corrected chi connectivity index (χ4v) is 1.08. The van der Waals surface area contributed by atoms with E-state index in [1.165, 1.54) is 7.11 Å². The summed E-state index contributed by atoms with van der Waals surface area (Å²) in [6.45, 7) is 0. The van der Waals surface area contributed by atoms with E-state index in [0.717, 1.165) is 0 Å². The number of nitrogens with two attached hydrogens (primary N) is 1. The Morgan fingerprint density at radius 2 is 1.69 bits per heavy atom.